The van der Waals surface area contributed by atoms with Crippen LogP contribution < -0.4 is 9.47 Å². The fourth-order valence-corrected chi connectivity index (χ4v) is 3.26. The van der Waals surface area contributed by atoms with Crippen LogP contribution >= 0.6 is 0 Å². The molecule has 1 aromatic rings. The van der Waals surface area contributed by atoms with Gasteiger partial charge in [-0.05, 0) is 30.5 Å². The monoisotopic (exact) mass is 332 g/mol. The minimum atomic E-state index is -4.67. The van der Waals surface area contributed by atoms with E-state index in [1.54, 1.807) is 0 Å². The molecular weight excluding hydrogens is 313 g/mol. The molecule has 1 aliphatic rings. The molecule has 0 radical (unpaired) electrons. The Bertz CT molecular complexity index is 590. The van der Waals surface area contributed by atoms with Crippen molar-refractivity contribution in [1.82, 2.24) is 0 Å². The van der Waals surface area contributed by atoms with Crippen molar-refractivity contribution in [3.63, 3.8) is 0 Å². The summed E-state index contributed by atoms with van der Waals surface area (Å²) in [5.74, 6) is -1.20. The van der Waals surface area contributed by atoms with Gasteiger partial charge in [-0.15, -0.1) is 0 Å². The Balaban J connectivity index is 2.74. The highest BCUT2D eigenvalue weighted by molar-refractivity contribution is 5.82. The highest BCUT2D eigenvalue weighted by Gasteiger charge is 2.48. The third-order valence-corrected chi connectivity index (χ3v) is 4.46. The second-order valence-electron chi connectivity index (χ2n) is 5.70. The molecule has 0 heterocycles. The summed E-state index contributed by atoms with van der Waals surface area (Å²) in [5, 5.41) is 9.68. The smallest absolute Gasteiger partial charge is 0.416 e. The lowest BCUT2D eigenvalue weighted by Gasteiger charge is -2.35. The molecule has 0 spiro atoms. The lowest BCUT2D eigenvalue weighted by atomic mass is 9.68. The lowest BCUT2D eigenvalue weighted by molar-refractivity contribution is -0.147. The molecule has 0 unspecified atom stereocenters. The largest absolute Gasteiger partial charge is 0.493 e. The summed E-state index contributed by atoms with van der Waals surface area (Å²) in [6.07, 6.45) is -2.32. The highest BCUT2D eigenvalue weighted by atomic mass is 19.4. The summed E-state index contributed by atoms with van der Waals surface area (Å²) in [6, 6.07) is 1.99. The minimum Gasteiger partial charge on any atom is -0.493 e. The SMILES string of the molecule is COc1cc(C(F)(F)F)c(C2(C(=O)O)CCCCC2)cc1OC. The third kappa shape index (κ3) is 3.09. The van der Waals surface area contributed by atoms with Gasteiger partial charge in [-0.3, -0.25) is 4.79 Å². The molecule has 0 amide bonds. The number of carboxylic acids is 1. The van der Waals surface area contributed by atoms with Crippen LogP contribution in [-0.2, 0) is 16.4 Å². The van der Waals surface area contributed by atoms with Crippen LogP contribution in [0.5, 0.6) is 11.5 Å². The first-order valence-electron chi connectivity index (χ1n) is 7.33. The van der Waals surface area contributed by atoms with Crippen molar-refractivity contribution in [2.24, 2.45) is 0 Å². The molecule has 0 aromatic heterocycles. The van der Waals surface area contributed by atoms with E-state index in [-0.39, 0.29) is 29.9 Å². The maximum Gasteiger partial charge on any atom is 0.416 e. The van der Waals surface area contributed by atoms with Gasteiger partial charge in [0.1, 0.15) is 0 Å². The Morgan fingerprint density at radius 2 is 1.61 bits per heavy atom. The average molecular weight is 332 g/mol. The molecule has 23 heavy (non-hydrogen) atoms. The Kier molecular flexibility index (Phi) is 4.77. The summed E-state index contributed by atoms with van der Waals surface area (Å²) >= 11 is 0. The first-order valence-corrected chi connectivity index (χ1v) is 7.33. The first-order chi connectivity index (χ1) is 10.8. The van der Waals surface area contributed by atoms with Crippen molar-refractivity contribution in [3.8, 4) is 11.5 Å². The molecular formula is C16H19F3O4. The van der Waals surface area contributed by atoms with E-state index >= 15 is 0 Å². The molecule has 2 rings (SSSR count). The summed E-state index contributed by atoms with van der Waals surface area (Å²) in [4.78, 5) is 11.9. The molecule has 0 aliphatic heterocycles. The summed E-state index contributed by atoms with van der Waals surface area (Å²) in [7, 11) is 2.55. The number of carboxylic acid groups (broad SMARTS) is 1. The normalized spacial score (nSPS) is 17.6. The lowest BCUT2D eigenvalue weighted by Crippen LogP contribution is -2.39. The molecule has 1 N–H and O–H groups in total. The van der Waals surface area contributed by atoms with Gasteiger partial charge in [-0.2, -0.15) is 13.2 Å². The van der Waals surface area contributed by atoms with E-state index in [1.807, 2.05) is 0 Å². The van der Waals surface area contributed by atoms with Gasteiger partial charge in [0.05, 0.1) is 25.2 Å². The van der Waals surface area contributed by atoms with Crippen molar-refractivity contribution in [2.45, 2.75) is 43.7 Å². The molecule has 1 fully saturated rings. The van der Waals surface area contributed by atoms with Gasteiger partial charge < -0.3 is 14.6 Å². The zero-order valence-corrected chi connectivity index (χ0v) is 13.0. The molecule has 0 bridgehead atoms. The van der Waals surface area contributed by atoms with Crippen LogP contribution in [0.4, 0.5) is 13.2 Å². The Labute approximate surface area is 132 Å². The Hall–Kier alpha value is -1.92. The Morgan fingerprint density at radius 3 is 2.04 bits per heavy atom. The van der Waals surface area contributed by atoms with E-state index in [1.165, 1.54) is 20.3 Å². The zero-order valence-electron chi connectivity index (χ0n) is 13.0. The predicted molar refractivity (Wildman–Crippen MR) is 76.9 cm³/mol. The number of hydrogen-bond donors (Lipinski definition) is 1. The summed E-state index contributed by atoms with van der Waals surface area (Å²) in [6.45, 7) is 0. The number of alkyl halides is 3. The van der Waals surface area contributed by atoms with Crippen LogP contribution in [0, 0.1) is 0 Å². The number of rotatable bonds is 4. The van der Waals surface area contributed by atoms with Crippen molar-refractivity contribution in [1.29, 1.82) is 0 Å². The van der Waals surface area contributed by atoms with E-state index < -0.39 is 23.1 Å². The van der Waals surface area contributed by atoms with E-state index in [9.17, 15) is 23.1 Å². The van der Waals surface area contributed by atoms with E-state index in [2.05, 4.69) is 0 Å². The van der Waals surface area contributed by atoms with Crippen molar-refractivity contribution in [2.75, 3.05) is 14.2 Å². The molecule has 7 heteroatoms. The van der Waals surface area contributed by atoms with Gasteiger partial charge in [-0.1, -0.05) is 19.3 Å². The van der Waals surface area contributed by atoms with Crippen molar-refractivity contribution < 1.29 is 32.5 Å². The highest BCUT2D eigenvalue weighted by Crippen LogP contribution is 2.48. The zero-order chi connectivity index (χ0) is 17.3. The number of carbonyl (C=O) groups is 1. The molecule has 0 saturated heterocycles. The van der Waals surface area contributed by atoms with Crippen LogP contribution in [0.2, 0.25) is 0 Å². The number of benzene rings is 1. The van der Waals surface area contributed by atoms with Gasteiger partial charge in [0.2, 0.25) is 0 Å². The van der Waals surface area contributed by atoms with Gasteiger partial charge in [0.15, 0.2) is 11.5 Å². The third-order valence-electron chi connectivity index (χ3n) is 4.46. The molecule has 1 aliphatic carbocycles. The first kappa shape index (κ1) is 17.4. The molecule has 1 aromatic carbocycles. The van der Waals surface area contributed by atoms with Crippen molar-refractivity contribution >= 4 is 5.97 Å². The Morgan fingerprint density at radius 1 is 1.09 bits per heavy atom. The molecule has 0 atom stereocenters. The quantitative estimate of drug-likeness (QED) is 0.905. The van der Waals surface area contributed by atoms with Crippen LogP contribution in [-0.4, -0.2) is 25.3 Å². The fourth-order valence-electron chi connectivity index (χ4n) is 3.26. The van der Waals surface area contributed by atoms with Gasteiger partial charge in [0.25, 0.3) is 0 Å². The maximum atomic E-state index is 13.5. The second kappa shape index (κ2) is 6.29. The minimum absolute atomic E-state index is 0.0695. The number of ether oxygens (including phenoxy) is 2. The van der Waals surface area contributed by atoms with E-state index in [0.717, 1.165) is 12.5 Å². The van der Waals surface area contributed by atoms with Crippen LogP contribution in [0.3, 0.4) is 0 Å². The number of halogens is 3. The number of aliphatic carboxylic acids is 1. The summed E-state index contributed by atoms with van der Waals surface area (Å²) in [5.41, 5.74) is -2.75. The topological polar surface area (TPSA) is 55.8 Å². The van der Waals surface area contributed by atoms with Crippen LogP contribution in [0.15, 0.2) is 12.1 Å². The van der Waals surface area contributed by atoms with Crippen LogP contribution in [0.1, 0.15) is 43.2 Å². The number of hydrogen-bond acceptors (Lipinski definition) is 3. The summed E-state index contributed by atoms with van der Waals surface area (Å²) < 4.78 is 50.5. The fraction of sp³-hybridized carbons (Fsp3) is 0.562. The second-order valence-corrected chi connectivity index (χ2v) is 5.70. The van der Waals surface area contributed by atoms with Crippen molar-refractivity contribution in [3.05, 3.63) is 23.3 Å². The molecule has 1 saturated carbocycles. The number of methoxy groups -OCH3 is 2. The predicted octanol–water partition coefficient (Wildman–Crippen LogP) is 4.01. The van der Waals surface area contributed by atoms with Crippen LogP contribution in [0.25, 0.3) is 0 Å². The van der Waals surface area contributed by atoms with E-state index in [0.29, 0.717) is 12.8 Å². The van der Waals surface area contributed by atoms with Gasteiger partial charge in [-0.25, -0.2) is 0 Å². The standard InChI is InChI=1S/C16H19F3O4/c1-22-12-8-10(11(16(17,18)19)9-13(12)23-2)15(14(20)21)6-4-3-5-7-15/h8-9H,3-7H2,1-2H3,(H,20,21). The maximum absolute atomic E-state index is 13.5. The average Bonchev–Trinajstić information content (AvgIpc) is 2.53. The molecule has 4 nitrogen and oxygen atoms in total. The van der Waals surface area contributed by atoms with Gasteiger partial charge >= 0.3 is 12.1 Å². The van der Waals surface area contributed by atoms with Gasteiger partial charge in [0, 0.05) is 0 Å². The van der Waals surface area contributed by atoms with E-state index in [4.69, 9.17) is 9.47 Å². The molecule has 128 valence electrons.